The molecule has 90 valence electrons. The number of aromatic amines is 1. The monoisotopic (exact) mass is 245 g/mol. The number of hydrogen-bond donors (Lipinski definition) is 2. The van der Waals surface area contributed by atoms with E-state index in [-0.39, 0.29) is 11.3 Å². The van der Waals surface area contributed by atoms with E-state index in [1.54, 1.807) is 6.07 Å². The van der Waals surface area contributed by atoms with Gasteiger partial charge in [-0.1, -0.05) is 5.21 Å². The molecule has 0 aliphatic heterocycles. The van der Waals surface area contributed by atoms with Crippen LogP contribution in [0, 0.1) is 21.4 Å². The van der Waals surface area contributed by atoms with E-state index in [4.69, 9.17) is 5.26 Å². The molecule has 9 nitrogen and oxygen atoms in total. The maximum absolute atomic E-state index is 10.6. The highest BCUT2D eigenvalue weighted by atomic mass is 16.6. The molecule has 1 aromatic heterocycles. The first kappa shape index (κ1) is 11.5. The van der Waals surface area contributed by atoms with Gasteiger partial charge in [0.25, 0.3) is 5.69 Å². The van der Waals surface area contributed by atoms with Crippen LogP contribution >= 0.6 is 0 Å². The average molecular weight is 245 g/mol. The number of nitrogens with zero attached hydrogens (tertiary/aromatic N) is 5. The van der Waals surface area contributed by atoms with Crippen molar-refractivity contribution in [2.75, 3.05) is 5.32 Å². The van der Waals surface area contributed by atoms with Gasteiger partial charge in [-0.25, -0.2) is 0 Å². The summed E-state index contributed by atoms with van der Waals surface area (Å²) in [5, 5.41) is 35.6. The molecule has 0 aliphatic carbocycles. The summed E-state index contributed by atoms with van der Waals surface area (Å²) in [5.74, 6) is 0.451. The summed E-state index contributed by atoms with van der Waals surface area (Å²) >= 11 is 0. The first-order valence-corrected chi connectivity index (χ1v) is 4.85. The zero-order valence-corrected chi connectivity index (χ0v) is 8.99. The summed E-state index contributed by atoms with van der Waals surface area (Å²) in [5.41, 5.74) is 0.350. The van der Waals surface area contributed by atoms with Crippen molar-refractivity contribution in [3.05, 3.63) is 39.7 Å². The fourth-order valence-electron chi connectivity index (χ4n) is 1.33. The molecule has 0 saturated heterocycles. The molecule has 0 unspecified atom stereocenters. The maximum atomic E-state index is 10.6. The maximum Gasteiger partial charge on any atom is 0.287 e. The van der Waals surface area contributed by atoms with E-state index in [0.717, 1.165) is 0 Å². The van der Waals surface area contributed by atoms with E-state index in [2.05, 4.69) is 25.9 Å². The molecule has 0 radical (unpaired) electrons. The Morgan fingerprint density at radius 2 is 2.39 bits per heavy atom. The van der Waals surface area contributed by atoms with Crippen LogP contribution in [0.4, 0.5) is 11.4 Å². The quantitative estimate of drug-likeness (QED) is 0.594. The van der Waals surface area contributed by atoms with Crippen LogP contribution in [0.3, 0.4) is 0 Å². The van der Waals surface area contributed by atoms with Gasteiger partial charge in [0.1, 0.15) is 11.6 Å². The van der Waals surface area contributed by atoms with Crippen LogP contribution in [0.15, 0.2) is 18.2 Å². The number of tetrazole rings is 1. The van der Waals surface area contributed by atoms with Gasteiger partial charge in [-0.3, -0.25) is 10.1 Å². The summed E-state index contributed by atoms with van der Waals surface area (Å²) in [6.45, 7) is 0.305. The number of nitro benzene ring substituents is 1. The lowest BCUT2D eigenvalue weighted by Gasteiger charge is -2.03. The van der Waals surface area contributed by atoms with Gasteiger partial charge in [0.05, 0.1) is 11.5 Å². The second-order valence-corrected chi connectivity index (χ2v) is 3.28. The third kappa shape index (κ3) is 2.38. The van der Waals surface area contributed by atoms with E-state index >= 15 is 0 Å². The highest BCUT2D eigenvalue weighted by Crippen LogP contribution is 2.21. The SMILES string of the molecule is N#Cc1cc(NCc2nn[nH]n2)ccc1[N+](=O)[O-]. The van der Waals surface area contributed by atoms with E-state index in [1.807, 2.05) is 0 Å². The molecule has 0 fully saturated rings. The molecule has 18 heavy (non-hydrogen) atoms. The van der Waals surface area contributed by atoms with Crippen LogP contribution in [0.25, 0.3) is 0 Å². The number of nitriles is 1. The Hall–Kier alpha value is -3.02. The first-order chi connectivity index (χ1) is 8.70. The number of benzene rings is 1. The van der Waals surface area contributed by atoms with Crippen molar-refractivity contribution < 1.29 is 4.92 Å². The lowest BCUT2D eigenvalue weighted by molar-refractivity contribution is -0.385. The summed E-state index contributed by atoms with van der Waals surface area (Å²) in [6.07, 6.45) is 0. The van der Waals surface area contributed by atoms with E-state index in [9.17, 15) is 10.1 Å². The Morgan fingerprint density at radius 3 is 3.00 bits per heavy atom. The first-order valence-electron chi connectivity index (χ1n) is 4.85. The molecular weight excluding hydrogens is 238 g/mol. The Balaban J connectivity index is 2.15. The second kappa shape index (κ2) is 4.88. The van der Waals surface area contributed by atoms with Crippen molar-refractivity contribution in [3.63, 3.8) is 0 Å². The summed E-state index contributed by atoms with van der Waals surface area (Å²) in [7, 11) is 0. The Labute approximate surface area is 101 Å². The van der Waals surface area contributed by atoms with Gasteiger partial charge in [0, 0.05) is 11.8 Å². The predicted octanol–water partition coefficient (Wildman–Crippen LogP) is 0.592. The molecule has 2 rings (SSSR count). The third-order valence-electron chi connectivity index (χ3n) is 2.15. The molecule has 0 amide bonds. The zero-order valence-electron chi connectivity index (χ0n) is 8.99. The number of nitro groups is 1. The Morgan fingerprint density at radius 1 is 1.56 bits per heavy atom. The van der Waals surface area contributed by atoms with Crippen LogP contribution < -0.4 is 5.32 Å². The fourth-order valence-corrected chi connectivity index (χ4v) is 1.33. The average Bonchev–Trinajstić information content (AvgIpc) is 2.88. The van der Waals surface area contributed by atoms with Crippen molar-refractivity contribution in [1.82, 2.24) is 20.6 Å². The largest absolute Gasteiger partial charge is 0.378 e. The van der Waals surface area contributed by atoms with Gasteiger partial charge in [-0.15, -0.1) is 10.2 Å². The number of rotatable bonds is 4. The molecule has 2 aromatic rings. The number of H-pyrrole nitrogens is 1. The number of anilines is 1. The minimum Gasteiger partial charge on any atom is -0.378 e. The lowest BCUT2D eigenvalue weighted by atomic mass is 10.2. The summed E-state index contributed by atoms with van der Waals surface area (Å²) in [4.78, 5) is 10.0. The van der Waals surface area contributed by atoms with Crippen LogP contribution in [0.2, 0.25) is 0 Å². The second-order valence-electron chi connectivity index (χ2n) is 3.28. The number of nitrogens with one attached hydrogen (secondary N) is 2. The van der Waals surface area contributed by atoms with Gasteiger partial charge in [-0.2, -0.15) is 10.5 Å². The normalized spacial score (nSPS) is 9.72. The highest BCUT2D eigenvalue weighted by Gasteiger charge is 2.13. The van der Waals surface area contributed by atoms with Crippen LogP contribution in [0.5, 0.6) is 0 Å². The minimum atomic E-state index is -0.596. The highest BCUT2D eigenvalue weighted by molar-refractivity contribution is 5.58. The molecular formula is C9H7N7O2. The van der Waals surface area contributed by atoms with Crippen molar-refractivity contribution in [3.8, 4) is 6.07 Å². The molecule has 0 aliphatic rings. The van der Waals surface area contributed by atoms with Gasteiger partial charge in [0.2, 0.25) is 0 Å². The molecule has 2 N–H and O–H groups in total. The van der Waals surface area contributed by atoms with Gasteiger partial charge in [0.15, 0.2) is 5.82 Å². The van der Waals surface area contributed by atoms with E-state index in [0.29, 0.717) is 18.1 Å². The molecule has 0 atom stereocenters. The summed E-state index contributed by atoms with van der Waals surface area (Å²) in [6, 6.07) is 5.97. The molecule has 0 spiro atoms. The van der Waals surface area contributed by atoms with Crippen LogP contribution in [0.1, 0.15) is 11.4 Å². The lowest BCUT2D eigenvalue weighted by Crippen LogP contribution is -2.02. The molecule has 9 heteroatoms. The van der Waals surface area contributed by atoms with Gasteiger partial charge < -0.3 is 5.32 Å². The Kier molecular flexibility index (Phi) is 3.11. The van der Waals surface area contributed by atoms with Crippen molar-refractivity contribution >= 4 is 11.4 Å². The minimum absolute atomic E-state index is 0.00175. The van der Waals surface area contributed by atoms with Crippen LogP contribution in [-0.2, 0) is 6.54 Å². The topological polar surface area (TPSA) is 133 Å². The number of hydrogen-bond acceptors (Lipinski definition) is 7. The third-order valence-corrected chi connectivity index (χ3v) is 2.15. The van der Waals surface area contributed by atoms with E-state index < -0.39 is 4.92 Å². The molecule has 1 heterocycles. The van der Waals surface area contributed by atoms with Gasteiger partial charge in [-0.05, 0) is 12.1 Å². The summed E-state index contributed by atoms with van der Waals surface area (Å²) < 4.78 is 0. The molecule has 1 aromatic carbocycles. The van der Waals surface area contributed by atoms with Gasteiger partial charge >= 0.3 is 0 Å². The zero-order chi connectivity index (χ0) is 13.0. The smallest absolute Gasteiger partial charge is 0.287 e. The van der Waals surface area contributed by atoms with E-state index in [1.165, 1.54) is 18.2 Å². The fraction of sp³-hybridized carbons (Fsp3) is 0.111. The van der Waals surface area contributed by atoms with Crippen molar-refractivity contribution in [2.24, 2.45) is 0 Å². The number of aromatic nitrogens is 4. The molecule has 0 bridgehead atoms. The Bertz CT molecular complexity index is 602. The molecule has 0 saturated carbocycles. The van der Waals surface area contributed by atoms with Crippen molar-refractivity contribution in [1.29, 1.82) is 5.26 Å². The predicted molar refractivity (Wildman–Crippen MR) is 59.3 cm³/mol. The standard InChI is InChI=1S/C9H7N7O2/c10-4-6-3-7(1-2-8(6)16(17)18)11-5-9-12-14-15-13-9/h1-3,11H,5H2,(H,12,13,14,15). The van der Waals surface area contributed by atoms with Crippen molar-refractivity contribution in [2.45, 2.75) is 6.54 Å². The van der Waals surface area contributed by atoms with Crippen LogP contribution in [-0.4, -0.2) is 25.5 Å².